The number of aromatic nitrogens is 2. The average Bonchev–Trinajstić information content (AvgIpc) is 3.23. The number of amides is 1. The van der Waals surface area contributed by atoms with E-state index in [4.69, 9.17) is 11.6 Å². The summed E-state index contributed by atoms with van der Waals surface area (Å²) in [7, 11) is 0. The standard InChI is InChI=1S/C17H20ClN3O/c1-3-6-14-16(17(22)19-12-9-10-12)11(2)21(20-14)15-8-5-4-7-13(15)18/h4-5,7-8,12H,3,6,9-10H2,1-2H3,(H,19,22). The number of carbonyl (C=O) groups is 1. The summed E-state index contributed by atoms with van der Waals surface area (Å²) < 4.78 is 1.79. The van der Waals surface area contributed by atoms with Gasteiger partial charge in [-0.3, -0.25) is 4.79 Å². The SMILES string of the molecule is CCCc1nn(-c2ccccc2Cl)c(C)c1C(=O)NC1CC1. The summed E-state index contributed by atoms with van der Waals surface area (Å²) in [6.45, 7) is 4.02. The second kappa shape index (κ2) is 6.13. The van der Waals surface area contributed by atoms with Crippen LogP contribution >= 0.6 is 11.6 Å². The van der Waals surface area contributed by atoms with Crippen molar-refractivity contribution < 1.29 is 4.79 Å². The first-order valence-corrected chi connectivity index (χ1v) is 8.14. The number of carbonyl (C=O) groups excluding carboxylic acids is 1. The van der Waals surface area contributed by atoms with Gasteiger partial charge in [0.25, 0.3) is 5.91 Å². The first kappa shape index (κ1) is 15.1. The third-order valence-corrected chi connectivity index (χ3v) is 4.22. The van der Waals surface area contributed by atoms with Crippen LogP contribution in [0, 0.1) is 6.92 Å². The molecule has 0 spiro atoms. The monoisotopic (exact) mass is 317 g/mol. The fraction of sp³-hybridized carbons (Fsp3) is 0.412. The van der Waals surface area contributed by atoms with Crippen molar-refractivity contribution >= 4 is 17.5 Å². The molecule has 3 rings (SSSR count). The second-order valence-corrected chi connectivity index (χ2v) is 6.18. The smallest absolute Gasteiger partial charge is 0.255 e. The van der Waals surface area contributed by atoms with E-state index in [0.717, 1.165) is 42.8 Å². The van der Waals surface area contributed by atoms with E-state index in [0.29, 0.717) is 16.6 Å². The van der Waals surface area contributed by atoms with Crippen molar-refractivity contribution in [1.29, 1.82) is 0 Å². The highest BCUT2D eigenvalue weighted by atomic mass is 35.5. The van der Waals surface area contributed by atoms with Gasteiger partial charge in [0, 0.05) is 6.04 Å². The van der Waals surface area contributed by atoms with E-state index >= 15 is 0 Å². The summed E-state index contributed by atoms with van der Waals surface area (Å²) >= 11 is 6.28. The number of para-hydroxylation sites is 1. The first-order chi connectivity index (χ1) is 10.6. The minimum Gasteiger partial charge on any atom is -0.349 e. The maximum Gasteiger partial charge on any atom is 0.255 e. The fourth-order valence-electron chi connectivity index (χ4n) is 2.61. The third kappa shape index (κ3) is 2.88. The zero-order chi connectivity index (χ0) is 15.7. The van der Waals surface area contributed by atoms with Gasteiger partial charge in [0.2, 0.25) is 0 Å². The molecule has 0 atom stereocenters. The van der Waals surface area contributed by atoms with Gasteiger partial charge in [0.05, 0.1) is 27.7 Å². The maximum absolute atomic E-state index is 12.5. The van der Waals surface area contributed by atoms with Crippen LogP contribution in [0.3, 0.4) is 0 Å². The second-order valence-electron chi connectivity index (χ2n) is 5.77. The lowest BCUT2D eigenvalue weighted by molar-refractivity contribution is 0.0949. The molecule has 5 heteroatoms. The topological polar surface area (TPSA) is 46.9 Å². The van der Waals surface area contributed by atoms with Crippen LogP contribution in [0.1, 0.15) is 47.9 Å². The number of benzene rings is 1. The molecule has 116 valence electrons. The molecule has 0 saturated heterocycles. The van der Waals surface area contributed by atoms with Gasteiger partial charge in [0.15, 0.2) is 0 Å². The van der Waals surface area contributed by atoms with Crippen molar-refractivity contribution in [2.24, 2.45) is 0 Å². The highest BCUT2D eigenvalue weighted by Crippen LogP contribution is 2.26. The Kier molecular flexibility index (Phi) is 4.21. The zero-order valence-corrected chi connectivity index (χ0v) is 13.7. The molecule has 1 aliphatic rings. The van der Waals surface area contributed by atoms with Crippen LogP contribution in [0.5, 0.6) is 0 Å². The molecule has 1 N–H and O–H groups in total. The van der Waals surface area contributed by atoms with E-state index in [1.807, 2.05) is 31.2 Å². The first-order valence-electron chi connectivity index (χ1n) is 7.76. The van der Waals surface area contributed by atoms with Crippen molar-refractivity contribution in [3.05, 3.63) is 46.2 Å². The Hall–Kier alpha value is -1.81. The van der Waals surface area contributed by atoms with Gasteiger partial charge in [-0.25, -0.2) is 4.68 Å². The van der Waals surface area contributed by atoms with E-state index in [1.165, 1.54) is 0 Å². The maximum atomic E-state index is 12.5. The molecule has 22 heavy (non-hydrogen) atoms. The van der Waals surface area contributed by atoms with Gasteiger partial charge in [-0.1, -0.05) is 37.1 Å². The van der Waals surface area contributed by atoms with Gasteiger partial charge >= 0.3 is 0 Å². The highest BCUT2D eigenvalue weighted by molar-refractivity contribution is 6.32. The van der Waals surface area contributed by atoms with Crippen molar-refractivity contribution in [2.45, 2.75) is 45.6 Å². The minimum absolute atomic E-state index is 0.0123. The molecular formula is C17H20ClN3O. The summed E-state index contributed by atoms with van der Waals surface area (Å²) in [5.74, 6) is -0.0123. The Balaban J connectivity index is 2.04. The number of aryl methyl sites for hydroxylation is 1. The molecule has 0 aliphatic heterocycles. The van der Waals surface area contributed by atoms with Gasteiger partial charge in [-0.15, -0.1) is 0 Å². The molecule has 0 unspecified atom stereocenters. The number of nitrogens with one attached hydrogen (secondary N) is 1. The van der Waals surface area contributed by atoms with Crippen molar-refractivity contribution in [2.75, 3.05) is 0 Å². The Morgan fingerprint density at radius 1 is 1.41 bits per heavy atom. The van der Waals surface area contributed by atoms with Crippen LogP contribution in [0.15, 0.2) is 24.3 Å². The van der Waals surface area contributed by atoms with Crippen molar-refractivity contribution in [1.82, 2.24) is 15.1 Å². The lowest BCUT2D eigenvalue weighted by Crippen LogP contribution is -2.26. The van der Waals surface area contributed by atoms with Gasteiger partial charge in [0.1, 0.15) is 0 Å². The fourth-order valence-corrected chi connectivity index (χ4v) is 2.83. The van der Waals surface area contributed by atoms with E-state index in [2.05, 4.69) is 17.3 Å². The number of nitrogens with zero attached hydrogens (tertiary/aromatic N) is 2. The normalized spacial score (nSPS) is 14.1. The van der Waals surface area contributed by atoms with Crippen molar-refractivity contribution in [3.63, 3.8) is 0 Å². The highest BCUT2D eigenvalue weighted by Gasteiger charge is 2.28. The van der Waals surface area contributed by atoms with Gasteiger partial charge < -0.3 is 5.32 Å². The van der Waals surface area contributed by atoms with E-state index in [9.17, 15) is 4.79 Å². The lowest BCUT2D eigenvalue weighted by atomic mass is 10.1. The van der Waals surface area contributed by atoms with Crippen LogP contribution in [0.25, 0.3) is 5.69 Å². The predicted molar refractivity (Wildman–Crippen MR) is 87.8 cm³/mol. The average molecular weight is 318 g/mol. The molecule has 4 nitrogen and oxygen atoms in total. The van der Waals surface area contributed by atoms with Gasteiger partial charge in [-0.05, 0) is 38.3 Å². The molecule has 1 heterocycles. The quantitative estimate of drug-likeness (QED) is 0.914. The molecular weight excluding hydrogens is 298 g/mol. The van der Waals surface area contributed by atoms with Crippen LogP contribution in [-0.2, 0) is 6.42 Å². The Morgan fingerprint density at radius 2 is 2.14 bits per heavy atom. The molecule has 1 aromatic carbocycles. The summed E-state index contributed by atoms with van der Waals surface area (Å²) in [6, 6.07) is 7.90. The Bertz CT molecular complexity index is 704. The number of hydrogen-bond acceptors (Lipinski definition) is 2. The third-order valence-electron chi connectivity index (χ3n) is 3.90. The predicted octanol–water partition coefficient (Wildman–Crippen LogP) is 3.68. The van der Waals surface area contributed by atoms with E-state index in [-0.39, 0.29) is 5.91 Å². The zero-order valence-electron chi connectivity index (χ0n) is 12.9. The number of hydrogen-bond donors (Lipinski definition) is 1. The minimum atomic E-state index is -0.0123. The van der Waals surface area contributed by atoms with Crippen LogP contribution in [0.2, 0.25) is 5.02 Å². The van der Waals surface area contributed by atoms with E-state index in [1.54, 1.807) is 4.68 Å². The Morgan fingerprint density at radius 3 is 2.77 bits per heavy atom. The largest absolute Gasteiger partial charge is 0.349 e. The summed E-state index contributed by atoms with van der Waals surface area (Å²) in [6.07, 6.45) is 3.88. The molecule has 1 fully saturated rings. The molecule has 1 saturated carbocycles. The Labute approximate surface area is 135 Å². The summed E-state index contributed by atoms with van der Waals surface area (Å²) in [5.41, 5.74) is 3.20. The van der Waals surface area contributed by atoms with Gasteiger partial charge in [-0.2, -0.15) is 5.10 Å². The molecule has 1 amide bonds. The van der Waals surface area contributed by atoms with E-state index < -0.39 is 0 Å². The molecule has 1 aromatic heterocycles. The number of rotatable bonds is 5. The molecule has 0 radical (unpaired) electrons. The number of halogens is 1. The van der Waals surface area contributed by atoms with Crippen LogP contribution in [0.4, 0.5) is 0 Å². The summed E-state index contributed by atoms with van der Waals surface area (Å²) in [4.78, 5) is 12.5. The lowest BCUT2D eigenvalue weighted by Gasteiger charge is -2.07. The molecule has 0 bridgehead atoms. The summed E-state index contributed by atoms with van der Waals surface area (Å²) in [5, 5.41) is 8.34. The van der Waals surface area contributed by atoms with Crippen LogP contribution in [-0.4, -0.2) is 21.7 Å². The molecule has 1 aliphatic carbocycles. The molecule has 2 aromatic rings. The van der Waals surface area contributed by atoms with Crippen LogP contribution < -0.4 is 5.32 Å². The van der Waals surface area contributed by atoms with Crippen molar-refractivity contribution in [3.8, 4) is 5.69 Å².